The average molecular weight is 155 g/mol. The van der Waals surface area contributed by atoms with E-state index in [2.05, 4.69) is 27.7 Å². The smallest absolute Gasteiger partial charge is 0.0567 e. The van der Waals surface area contributed by atoms with E-state index in [0.29, 0.717) is 0 Å². The van der Waals surface area contributed by atoms with Crippen molar-refractivity contribution in [1.82, 2.24) is 0 Å². The Morgan fingerprint density at radius 2 is 1.40 bits per heavy atom. The monoisotopic (exact) mass is 155 g/mol. The lowest BCUT2D eigenvalue weighted by molar-refractivity contribution is 0.915. The topological polar surface area (TPSA) is 0 Å². The van der Waals surface area contributed by atoms with Gasteiger partial charge in [-0.2, -0.15) is 0 Å². The standard InChI is InChI=1S/C9H19Si/c1-7(2)10(8(3)4)9-5-6-9/h7-9H,5-6H2,1-4H3. The summed E-state index contributed by atoms with van der Waals surface area (Å²) in [5.41, 5.74) is 3.18. The van der Waals surface area contributed by atoms with Crippen LogP contribution < -0.4 is 0 Å². The van der Waals surface area contributed by atoms with Gasteiger partial charge in [0, 0.05) is 0 Å². The fraction of sp³-hybridized carbons (Fsp3) is 1.00. The van der Waals surface area contributed by atoms with Gasteiger partial charge in [-0.25, -0.2) is 0 Å². The molecule has 1 saturated carbocycles. The second-order valence-electron chi connectivity index (χ2n) is 4.08. The van der Waals surface area contributed by atoms with Crippen LogP contribution in [-0.4, -0.2) is 8.80 Å². The SMILES string of the molecule is CC(C)[Si](C(C)C)C1CC1. The van der Waals surface area contributed by atoms with Crippen molar-refractivity contribution in [2.45, 2.75) is 57.2 Å². The molecule has 1 heteroatoms. The summed E-state index contributed by atoms with van der Waals surface area (Å²) in [6.07, 6.45) is 3.09. The summed E-state index contributed by atoms with van der Waals surface area (Å²) in [6, 6.07) is 0. The largest absolute Gasteiger partial charge is 0.0653 e. The van der Waals surface area contributed by atoms with Gasteiger partial charge in [0.15, 0.2) is 0 Å². The molecular formula is C9H19Si. The predicted molar refractivity (Wildman–Crippen MR) is 48.9 cm³/mol. The van der Waals surface area contributed by atoms with Crippen molar-refractivity contribution < 1.29 is 0 Å². The van der Waals surface area contributed by atoms with Gasteiger partial charge in [-0.1, -0.05) is 51.6 Å². The molecule has 0 aromatic rings. The van der Waals surface area contributed by atoms with E-state index in [1.54, 1.807) is 12.8 Å². The molecule has 0 saturated heterocycles. The predicted octanol–water partition coefficient (Wildman–Crippen LogP) is 3.47. The minimum atomic E-state index is 0.0154. The normalized spacial score (nSPS) is 19.5. The van der Waals surface area contributed by atoms with Crippen LogP contribution >= 0.6 is 0 Å². The third-order valence-corrected chi connectivity index (χ3v) is 6.57. The zero-order valence-electron chi connectivity index (χ0n) is 7.65. The summed E-state index contributed by atoms with van der Waals surface area (Å²) in [7, 11) is 0.0154. The van der Waals surface area contributed by atoms with Gasteiger partial charge in [0.1, 0.15) is 0 Å². The molecule has 1 aliphatic rings. The third-order valence-electron chi connectivity index (χ3n) is 2.38. The highest BCUT2D eigenvalue weighted by Crippen LogP contribution is 2.46. The van der Waals surface area contributed by atoms with Crippen molar-refractivity contribution in [3.8, 4) is 0 Å². The first-order valence-corrected chi connectivity index (χ1v) is 6.22. The minimum absolute atomic E-state index is 0.0154. The van der Waals surface area contributed by atoms with E-state index in [1.165, 1.54) is 5.54 Å². The van der Waals surface area contributed by atoms with Crippen LogP contribution in [0.15, 0.2) is 0 Å². The van der Waals surface area contributed by atoms with E-state index < -0.39 is 0 Å². The van der Waals surface area contributed by atoms with Gasteiger partial charge in [-0.15, -0.1) is 0 Å². The summed E-state index contributed by atoms with van der Waals surface area (Å²) in [6.45, 7) is 9.64. The fourth-order valence-corrected chi connectivity index (χ4v) is 6.08. The molecule has 0 unspecified atom stereocenters. The molecule has 1 aliphatic carbocycles. The summed E-state index contributed by atoms with van der Waals surface area (Å²) < 4.78 is 0. The molecule has 10 heavy (non-hydrogen) atoms. The van der Waals surface area contributed by atoms with Crippen LogP contribution in [0, 0.1) is 0 Å². The lowest BCUT2D eigenvalue weighted by Gasteiger charge is -2.21. The van der Waals surface area contributed by atoms with Gasteiger partial charge in [-0.3, -0.25) is 0 Å². The Kier molecular flexibility index (Phi) is 2.56. The quantitative estimate of drug-likeness (QED) is 0.547. The van der Waals surface area contributed by atoms with Crippen molar-refractivity contribution in [1.29, 1.82) is 0 Å². The third kappa shape index (κ3) is 1.85. The molecule has 0 nitrogen and oxygen atoms in total. The van der Waals surface area contributed by atoms with Crippen LogP contribution in [0.1, 0.15) is 40.5 Å². The Bertz CT molecular complexity index is 92.5. The molecule has 0 amide bonds. The molecule has 0 N–H and O–H groups in total. The highest BCUT2D eigenvalue weighted by Gasteiger charge is 2.36. The number of hydrogen-bond donors (Lipinski definition) is 0. The molecule has 0 aliphatic heterocycles. The molecule has 0 bridgehead atoms. The molecule has 0 spiro atoms. The summed E-state index contributed by atoms with van der Waals surface area (Å²) in [5, 5.41) is 0. The number of rotatable bonds is 3. The van der Waals surface area contributed by atoms with Crippen molar-refractivity contribution in [2.75, 3.05) is 0 Å². The van der Waals surface area contributed by atoms with E-state index in [1.807, 2.05) is 0 Å². The highest BCUT2D eigenvalue weighted by atomic mass is 28.3. The second kappa shape index (κ2) is 3.08. The molecular weight excluding hydrogens is 136 g/mol. The molecule has 0 aromatic carbocycles. The molecule has 0 heterocycles. The van der Waals surface area contributed by atoms with Crippen LogP contribution in [0.25, 0.3) is 0 Å². The molecule has 0 aromatic heterocycles. The Morgan fingerprint density at radius 3 is 1.50 bits per heavy atom. The Hall–Kier alpha value is 0.217. The Morgan fingerprint density at radius 1 is 1.00 bits per heavy atom. The van der Waals surface area contributed by atoms with Gasteiger partial charge in [-0.05, 0) is 5.54 Å². The van der Waals surface area contributed by atoms with E-state index in [0.717, 1.165) is 11.1 Å². The molecule has 0 atom stereocenters. The first kappa shape index (κ1) is 8.31. The maximum Gasteiger partial charge on any atom is 0.0567 e. The van der Waals surface area contributed by atoms with E-state index in [-0.39, 0.29) is 8.80 Å². The lowest BCUT2D eigenvalue weighted by Crippen LogP contribution is -2.20. The fourth-order valence-electron chi connectivity index (χ4n) is 2.03. The first-order chi connectivity index (χ1) is 4.63. The number of hydrogen-bond acceptors (Lipinski definition) is 0. The maximum absolute atomic E-state index is 2.41. The van der Waals surface area contributed by atoms with E-state index in [4.69, 9.17) is 0 Å². The minimum Gasteiger partial charge on any atom is -0.0653 e. The van der Waals surface area contributed by atoms with Gasteiger partial charge in [0.25, 0.3) is 0 Å². The van der Waals surface area contributed by atoms with Crippen molar-refractivity contribution in [3.63, 3.8) is 0 Å². The first-order valence-electron chi connectivity index (χ1n) is 4.49. The van der Waals surface area contributed by atoms with Crippen LogP contribution in [-0.2, 0) is 0 Å². The summed E-state index contributed by atoms with van der Waals surface area (Å²) in [5.74, 6) is 0. The van der Waals surface area contributed by atoms with Gasteiger partial charge in [0.05, 0.1) is 8.80 Å². The average Bonchev–Trinajstić information content (AvgIpc) is 2.46. The van der Waals surface area contributed by atoms with Gasteiger partial charge >= 0.3 is 0 Å². The highest BCUT2D eigenvalue weighted by molar-refractivity contribution is 6.64. The molecule has 1 rings (SSSR count). The zero-order valence-corrected chi connectivity index (χ0v) is 8.65. The summed E-state index contributed by atoms with van der Waals surface area (Å²) >= 11 is 0. The maximum atomic E-state index is 2.41. The zero-order chi connectivity index (χ0) is 7.72. The van der Waals surface area contributed by atoms with Crippen molar-refractivity contribution in [2.24, 2.45) is 0 Å². The van der Waals surface area contributed by atoms with Gasteiger partial charge < -0.3 is 0 Å². The van der Waals surface area contributed by atoms with Crippen LogP contribution in [0.5, 0.6) is 0 Å². The summed E-state index contributed by atoms with van der Waals surface area (Å²) in [4.78, 5) is 0. The lowest BCUT2D eigenvalue weighted by atomic mass is 10.5. The molecule has 59 valence electrons. The molecule has 1 radical (unpaired) electrons. The molecule has 1 fully saturated rings. The van der Waals surface area contributed by atoms with E-state index >= 15 is 0 Å². The van der Waals surface area contributed by atoms with E-state index in [9.17, 15) is 0 Å². The van der Waals surface area contributed by atoms with Crippen molar-refractivity contribution >= 4 is 8.80 Å². The Labute approximate surface area is 66.6 Å². The van der Waals surface area contributed by atoms with Crippen LogP contribution in [0.3, 0.4) is 0 Å². The van der Waals surface area contributed by atoms with Crippen LogP contribution in [0.4, 0.5) is 0 Å². The van der Waals surface area contributed by atoms with Crippen molar-refractivity contribution in [3.05, 3.63) is 0 Å². The van der Waals surface area contributed by atoms with Gasteiger partial charge in [0.2, 0.25) is 0 Å². The Balaban J connectivity index is 2.41. The van der Waals surface area contributed by atoms with Crippen LogP contribution in [0.2, 0.25) is 16.6 Å². The second-order valence-corrected chi connectivity index (χ2v) is 8.21.